The second kappa shape index (κ2) is 6.75. The molecule has 1 aliphatic heterocycles. The maximum Gasteiger partial charge on any atom is 0.156 e. The predicted octanol–water partition coefficient (Wildman–Crippen LogP) is 2.66. The van der Waals surface area contributed by atoms with Gasteiger partial charge in [-0.15, -0.1) is 6.58 Å². The van der Waals surface area contributed by atoms with E-state index in [0.717, 1.165) is 23.9 Å². The third-order valence-electron chi connectivity index (χ3n) is 3.06. The average molecular weight is 326 g/mol. The third-order valence-corrected chi connectivity index (χ3v) is 3.36. The average Bonchev–Trinajstić information content (AvgIpc) is 3.02. The van der Waals surface area contributed by atoms with Crippen molar-refractivity contribution in [2.24, 2.45) is 0 Å². The van der Waals surface area contributed by atoms with Gasteiger partial charge in [-0.1, -0.05) is 17.7 Å². The highest BCUT2D eigenvalue weighted by molar-refractivity contribution is 6.33. The van der Waals surface area contributed by atoms with Crippen LogP contribution < -0.4 is 0 Å². The first-order chi connectivity index (χ1) is 10.3. The summed E-state index contributed by atoms with van der Waals surface area (Å²) in [6, 6.07) is 1.92. The zero-order chi connectivity index (χ0) is 16.3. The molecule has 3 rings (SSSR count). The molecule has 2 aromatic heterocycles. The van der Waals surface area contributed by atoms with Crippen LogP contribution in [0.3, 0.4) is 0 Å². The van der Waals surface area contributed by atoms with Crippen LogP contribution >= 0.6 is 11.6 Å². The molecule has 120 valence electrons. The van der Waals surface area contributed by atoms with Gasteiger partial charge in [0, 0.05) is 6.20 Å². The number of halogens is 1. The number of nitrogens with zero attached hydrogens (tertiary/aromatic N) is 3. The quantitative estimate of drug-likeness (QED) is 0.504. The minimum atomic E-state index is -1.50. The molecular weight excluding hydrogens is 306 g/mol. The molecule has 2 atom stereocenters. The van der Waals surface area contributed by atoms with Gasteiger partial charge in [0.15, 0.2) is 5.79 Å². The second-order valence-electron chi connectivity index (χ2n) is 5.56. The van der Waals surface area contributed by atoms with Crippen LogP contribution in [0.5, 0.6) is 0 Å². The summed E-state index contributed by atoms with van der Waals surface area (Å²) >= 11 is 6.01. The van der Waals surface area contributed by atoms with Gasteiger partial charge in [-0.05, 0) is 32.8 Å². The van der Waals surface area contributed by atoms with E-state index in [-0.39, 0.29) is 12.3 Å². The van der Waals surface area contributed by atoms with E-state index in [1.54, 1.807) is 0 Å². The SMILES string of the molecule is C=CC1CCC(n2ccc3c(Cl)ncnc32)O1.CC(C)(O)O. The van der Waals surface area contributed by atoms with E-state index < -0.39 is 5.79 Å². The Morgan fingerprint density at radius 1 is 1.41 bits per heavy atom. The Balaban J connectivity index is 0.000000309. The summed E-state index contributed by atoms with van der Waals surface area (Å²) in [5, 5.41) is 17.5. The molecule has 1 aliphatic rings. The fourth-order valence-electron chi connectivity index (χ4n) is 2.20. The molecular formula is C15H20ClN3O3. The van der Waals surface area contributed by atoms with Crippen molar-refractivity contribution in [2.45, 2.75) is 44.8 Å². The van der Waals surface area contributed by atoms with Crippen LogP contribution in [0.4, 0.5) is 0 Å². The third kappa shape index (κ3) is 4.27. The van der Waals surface area contributed by atoms with Gasteiger partial charge in [-0.25, -0.2) is 9.97 Å². The molecule has 2 aromatic rings. The van der Waals surface area contributed by atoms with E-state index in [1.807, 2.05) is 22.9 Å². The minimum Gasteiger partial charge on any atom is -0.366 e. The molecule has 1 saturated heterocycles. The molecule has 0 saturated carbocycles. The molecule has 22 heavy (non-hydrogen) atoms. The summed E-state index contributed by atoms with van der Waals surface area (Å²) in [6.45, 7) is 6.35. The maximum absolute atomic E-state index is 8.08. The summed E-state index contributed by atoms with van der Waals surface area (Å²) in [5.41, 5.74) is 0.819. The van der Waals surface area contributed by atoms with Gasteiger partial charge < -0.3 is 19.5 Å². The van der Waals surface area contributed by atoms with Gasteiger partial charge in [0.1, 0.15) is 23.4 Å². The highest BCUT2D eigenvalue weighted by Crippen LogP contribution is 2.32. The number of rotatable bonds is 2. The summed E-state index contributed by atoms with van der Waals surface area (Å²) < 4.78 is 7.85. The first kappa shape index (κ1) is 16.9. The Morgan fingerprint density at radius 3 is 2.68 bits per heavy atom. The molecule has 0 radical (unpaired) electrons. The topological polar surface area (TPSA) is 80.4 Å². The smallest absolute Gasteiger partial charge is 0.156 e. The number of aliphatic hydroxyl groups is 2. The van der Waals surface area contributed by atoms with Gasteiger partial charge in [0.2, 0.25) is 0 Å². The molecule has 0 amide bonds. The van der Waals surface area contributed by atoms with Gasteiger partial charge in [0.05, 0.1) is 11.5 Å². The van der Waals surface area contributed by atoms with Gasteiger partial charge >= 0.3 is 0 Å². The molecule has 7 heteroatoms. The largest absolute Gasteiger partial charge is 0.366 e. The van der Waals surface area contributed by atoms with Crippen molar-refractivity contribution in [2.75, 3.05) is 0 Å². The molecule has 3 heterocycles. The Morgan fingerprint density at radius 2 is 2.09 bits per heavy atom. The van der Waals surface area contributed by atoms with E-state index in [9.17, 15) is 0 Å². The first-order valence-electron chi connectivity index (χ1n) is 6.99. The van der Waals surface area contributed by atoms with E-state index in [4.69, 9.17) is 26.6 Å². The van der Waals surface area contributed by atoms with Crippen LogP contribution in [0.1, 0.15) is 32.9 Å². The van der Waals surface area contributed by atoms with E-state index in [0.29, 0.717) is 5.15 Å². The Bertz CT molecular complexity index is 645. The lowest BCUT2D eigenvalue weighted by Crippen LogP contribution is -2.15. The lowest BCUT2D eigenvalue weighted by molar-refractivity contribution is -0.127. The number of hydrogen-bond acceptors (Lipinski definition) is 5. The van der Waals surface area contributed by atoms with Crippen LogP contribution in [0.15, 0.2) is 31.2 Å². The lowest BCUT2D eigenvalue weighted by Gasteiger charge is -2.13. The highest BCUT2D eigenvalue weighted by atomic mass is 35.5. The summed E-state index contributed by atoms with van der Waals surface area (Å²) in [5.74, 6) is -1.50. The van der Waals surface area contributed by atoms with Crippen LogP contribution in [-0.2, 0) is 4.74 Å². The standard InChI is InChI=1S/C12H12ClN3O.C3H8O2/c1-2-8-3-4-10(17-8)16-6-5-9-11(13)14-7-15-12(9)16;1-3(2,4)5/h2,5-8,10H,1,3-4H2;4-5H,1-2H3. The fourth-order valence-corrected chi connectivity index (χ4v) is 2.39. The monoisotopic (exact) mass is 325 g/mol. The van der Waals surface area contributed by atoms with E-state index in [1.165, 1.54) is 20.2 Å². The zero-order valence-corrected chi connectivity index (χ0v) is 13.4. The van der Waals surface area contributed by atoms with Gasteiger partial charge in [-0.3, -0.25) is 0 Å². The van der Waals surface area contributed by atoms with E-state index in [2.05, 4.69) is 16.5 Å². The van der Waals surface area contributed by atoms with Crippen molar-refractivity contribution in [3.05, 3.63) is 36.4 Å². The summed E-state index contributed by atoms with van der Waals surface area (Å²) in [4.78, 5) is 8.22. The Hall–Kier alpha value is -1.47. The number of fused-ring (bicyclic) bond motifs is 1. The second-order valence-corrected chi connectivity index (χ2v) is 5.92. The molecule has 2 unspecified atom stereocenters. The van der Waals surface area contributed by atoms with Crippen molar-refractivity contribution in [3.8, 4) is 0 Å². The Labute approximate surface area is 134 Å². The molecule has 0 aliphatic carbocycles. The minimum absolute atomic E-state index is 0.0152. The molecule has 1 fully saturated rings. The highest BCUT2D eigenvalue weighted by Gasteiger charge is 2.25. The summed E-state index contributed by atoms with van der Waals surface area (Å²) in [7, 11) is 0. The van der Waals surface area contributed by atoms with Gasteiger partial charge in [0.25, 0.3) is 0 Å². The number of ether oxygens (including phenoxy) is 1. The number of aromatic nitrogens is 3. The van der Waals surface area contributed by atoms with E-state index >= 15 is 0 Å². The van der Waals surface area contributed by atoms with Crippen molar-refractivity contribution in [3.63, 3.8) is 0 Å². The van der Waals surface area contributed by atoms with Crippen molar-refractivity contribution in [1.29, 1.82) is 0 Å². The predicted molar refractivity (Wildman–Crippen MR) is 84.4 cm³/mol. The molecule has 0 bridgehead atoms. The molecule has 6 nitrogen and oxygen atoms in total. The normalized spacial score (nSPS) is 21.5. The van der Waals surface area contributed by atoms with Crippen LogP contribution in [0.2, 0.25) is 5.15 Å². The summed E-state index contributed by atoms with van der Waals surface area (Å²) in [6.07, 6.45) is 7.36. The van der Waals surface area contributed by atoms with Crippen molar-refractivity contribution < 1.29 is 14.9 Å². The van der Waals surface area contributed by atoms with Crippen molar-refractivity contribution >= 4 is 22.6 Å². The van der Waals surface area contributed by atoms with Crippen molar-refractivity contribution in [1.82, 2.24) is 14.5 Å². The van der Waals surface area contributed by atoms with Crippen LogP contribution in [0, 0.1) is 0 Å². The molecule has 0 aromatic carbocycles. The lowest BCUT2D eigenvalue weighted by atomic mass is 10.2. The molecule has 2 N–H and O–H groups in total. The first-order valence-corrected chi connectivity index (χ1v) is 7.37. The van der Waals surface area contributed by atoms with Crippen LogP contribution in [0.25, 0.3) is 11.0 Å². The fraction of sp³-hybridized carbons (Fsp3) is 0.467. The zero-order valence-electron chi connectivity index (χ0n) is 12.6. The maximum atomic E-state index is 8.08. The van der Waals surface area contributed by atoms with Crippen LogP contribution in [-0.4, -0.2) is 36.6 Å². The number of hydrogen-bond donors (Lipinski definition) is 2. The Kier molecular flexibility index (Phi) is 5.18. The molecule has 0 spiro atoms. The van der Waals surface area contributed by atoms with Gasteiger partial charge in [-0.2, -0.15) is 0 Å².